The number of methoxy groups -OCH3 is 1. The first-order chi connectivity index (χ1) is 14.2. The quantitative estimate of drug-likeness (QED) is 0.770. The topological polar surface area (TPSA) is 77.5 Å². The molecule has 1 amide bonds. The summed E-state index contributed by atoms with van der Waals surface area (Å²) in [5.74, 6) is 0. The van der Waals surface area contributed by atoms with E-state index in [0.717, 1.165) is 11.1 Å². The van der Waals surface area contributed by atoms with E-state index in [1.54, 1.807) is 4.90 Å². The van der Waals surface area contributed by atoms with Crippen LogP contribution in [-0.4, -0.2) is 60.5 Å². The number of hydrogen-bond acceptors (Lipinski definition) is 6. The van der Waals surface area contributed by atoms with Gasteiger partial charge in [0, 0.05) is 13.7 Å². The first-order valence-corrected chi connectivity index (χ1v) is 9.66. The summed E-state index contributed by atoms with van der Waals surface area (Å²) in [6.07, 6.45) is -3.61. The molecule has 0 bridgehead atoms. The van der Waals surface area contributed by atoms with Gasteiger partial charge in [-0.25, -0.2) is 4.79 Å². The zero-order chi connectivity index (χ0) is 20.2. The van der Waals surface area contributed by atoms with Crippen LogP contribution in [0, 0.1) is 0 Å². The summed E-state index contributed by atoms with van der Waals surface area (Å²) in [7, 11) is 1.52. The van der Waals surface area contributed by atoms with E-state index in [4.69, 9.17) is 18.9 Å². The van der Waals surface area contributed by atoms with Crippen molar-refractivity contribution < 1.29 is 28.8 Å². The number of carbonyl (C=O) groups is 1. The number of carbonyl (C=O) groups excluding carboxylic acids is 1. The predicted molar refractivity (Wildman–Crippen MR) is 104 cm³/mol. The van der Waals surface area contributed by atoms with E-state index in [1.165, 1.54) is 7.11 Å². The van der Waals surface area contributed by atoms with Gasteiger partial charge in [0.2, 0.25) is 0 Å². The molecule has 2 heterocycles. The van der Waals surface area contributed by atoms with Crippen LogP contribution in [0.3, 0.4) is 0 Å². The average Bonchev–Trinajstić information content (AvgIpc) is 3.08. The summed E-state index contributed by atoms with van der Waals surface area (Å²) in [5, 5.41) is 10.8. The van der Waals surface area contributed by atoms with Crippen molar-refractivity contribution in [3.05, 3.63) is 71.8 Å². The summed E-state index contributed by atoms with van der Waals surface area (Å²) in [5.41, 5.74) is 1.99. The Bertz CT molecular complexity index is 801. The minimum Gasteiger partial charge on any atom is -0.441 e. The van der Waals surface area contributed by atoms with Gasteiger partial charge in [0.25, 0.3) is 0 Å². The zero-order valence-corrected chi connectivity index (χ0v) is 16.2. The maximum absolute atomic E-state index is 12.5. The van der Waals surface area contributed by atoms with Gasteiger partial charge in [-0.1, -0.05) is 60.7 Å². The van der Waals surface area contributed by atoms with Gasteiger partial charge in [0.1, 0.15) is 18.2 Å². The summed E-state index contributed by atoms with van der Waals surface area (Å²) in [6, 6.07) is 18.8. The number of aliphatic hydroxyl groups is 1. The number of fused-ring (bicyclic) bond motifs is 1. The molecule has 5 unspecified atom stereocenters. The molecule has 1 N–H and O–H groups in total. The Morgan fingerprint density at radius 3 is 2.34 bits per heavy atom. The van der Waals surface area contributed by atoms with Crippen LogP contribution >= 0.6 is 0 Å². The fourth-order valence-corrected chi connectivity index (χ4v) is 3.82. The second-order valence-electron chi connectivity index (χ2n) is 7.22. The van der Waals surface area contributed by atoms with Crippen LogP contribution < -0.4 is 0 Å². The first-order valence-electron chi connectivity index (χ1n) is 9.66. The molecule has 4 rings (SSSR count). The minimum atomic E-state index is -1.01. The zero-order valence-electron chi connectivity index (χ0n) is 16.2. The lowest BCUT2D eigenvalue weighted by Gasteiger charge is -2.41. The molecule has 0 radical (unpaired) electrons. The van der Waals surface area contributed by atoms with E-state index in [2.05, 4.69) is 0 Å². The van der Waals surface area contributed by atoms with E-state index in [-0.39, 0.29) is 6.61 Å². The van der Waals surface area contributed by atoms with Crippen LogP contribution in [0.4, 0.5) is 4.79 Å². The molecule has 2 aliphatic rings. The van der Waals surface area contributed by atoms with Crippen molar-refractivity contribution >= 4 is 6.09 Å². The number of benzene rings is 2. The Kier molecular flexibility index (Phi) is 6.10. The minimum absolute atomic E-state index is 0.162. The highest BCUT2D eigenvalue weighted by molar-refractivity contribution is 5.71. The first kappa shape index (κ1) is 19.8. The molecule has 2 fully saturated rings. The van der Waals surface area contributed by atoms with Gasteiger partial charge < -0.3 is 24.1 Å². The fraction of sp³-hybridized carbons (Fsp3) is 0.409. The Labute approximate surface area is 169 Å². The molecule has 2 aromatic rings. The van der Waals surface area contributed by atoms with Gasteiger partial charge in [-0.05, 0) is 11.1 Å². The van der Waals surface area contributed by atoms with Gasteiger partial charge in [-0.15, -0.1) is 0 Å². The van der Waals surface area contributed by atoms with Crippen LogP contribution in [0.1, 0.15) is 11.1 Å². The Morgan fingerprint density at radius 1 is 1.03 bits per heavy atom. The van der Waals surface area contributed by atoms with Crippen molar-refractivity contribution in [1.29, 1.82) is 0 Å². The summed E-state index contributed by atoms with van der Waals surface area (Å²) in [6.45, 7) is 0.917. The van der Waals surface area contributed by atoms with Crippen molar-refractivity contribution in [3.8, 4) is 0 Å². The summed E-state index contributed by atoms with van der Waals surface area (Å²) < 4.78 is 22.7. The molecule has 29 heavy (non-hydrogen) atoms. The number of nitrogens with zero attached hydrogens (tertiary/aromatic N) is 1. The third-order valence-corrected chi connectivity index (χ3v) is 5.29. The van der Waals surface area contributed by atoms with Crippen LogP contribution in [0.2, 0.25) is 0 Å². The number of hydrogen-bond donors (Lipinski definition) is 1. The molecule has 0 spiro atoms. The molecule has 0 aliphatic carbocycles. The monoisotopic (exact) mass is 399 g/mol. The average molecular weight is 399 g/mol. The highest BCUT2D eigenvalue weighted by Crippen LogP contribution is 2.34. The van der Waals surface area contributed by atoms with E-state index in [9.17, 15) is 9.90 Å². The molecule has 2 aliphatic heterocycles. The third-order valence-electron chi connectivity index (χ3n) is 5.29. The molecule has 2 aromatic carbocycles. The second-order valence-corrected chi connectivity index (χ2v) is 7.22. The standard InChI is InChI=1S/C22H25NO6/c1-26-21-18-20(29-22(25)23(18)12-15-8-4-2-5-9-15)19(24)17(28-21)14-27-13-16-10-6-3-7-11-16/h2-11,17-21,24H,12-14H2,1H3. The van der Waals surface area contributed by atoms with E-state index >= 15 is 0 Å². The number of aliphatic hydroxyl groups excluding tert-OH is 1. The number of amides is 1. The van der Waals surface area contributed by atoms with Crippen molar-refractivity contribution in [1.82, 2.24) is 4.90 Å². The summed E-state index contributed by atoms with van der Waals surface area (Å²) in [4.78, 5) is 14.1. The maximum Gasteiger partial charge on any atom is 0.411 e. The summed E-state index contributed by atoms with van der Waals surface area (Å²) >= 11 is 0. The van der Waals surface area contributed by atoms with Gasteiger partial charge in [0.05, 0.1) is 13.2 Å². The van der Waals surface area contributed by atoms with Crippen LogP contribution in [-0.2, 0) is 32.1 Å². The lowest BCUT2D eigenvalue weighted by molar-refractivity contribution is -0.263. The van der Waals surface area contributed by atoms with Gasteiger partial charge in [-0.2, -0.15) is 0 Å². The Hall–Kier alpha value is -2.45. The number of ether oxygens (including phenoxy) is 4. The van der Waals surface area contributed by atoms with Crippen LogP contribution in [0.15, 0.2) is 60.7 Å². The van der Waals surface area contributed by atoms with Crippen molar-refractivity contribution in [2.45, 2.75) is 43.8 Å². The smallest absolute Gasteiger partial charge is 0.411 e. The molecule has 7 nitrogen and oxygen atoms in total. The lowest BCUT2D eigenvalue weighted by atomic mass is 9.96. The molecule has 5 atom stereocenters. The molecule has 154 valence electrons. The third kappa shape index (κ3) is 4.28. The normalized spacial score (nSPS) is 28.8. The molecule has 0 saturated carbocycles. The maximum atomic E-state index is 12.5. The molecular weight excluding hydrogens is 374 g/mol. The van der Waals surface area contributed by atoms with Gasteiger partial charge in [0.15, 0.2) is 12.4 Å². The SMILES string of the molecule is COC1OC(COCc2ccccc2)C(O)C2OC(=O)N(Cc3ccccc3)C12. The van der Waals surface area contributed by atoms with Crippen molar-refractivity contribution in [2.24, 2.45) is 0 Å². The predicted octanol–water partition coefficient (Wildman–Crippen LogP) is 2.33. The van der Waals surface area contributed by atoms with Crippen LogP contribution in [0.5, 0.6) is 0 Å². The Morgan fingerprint density at radius 2 is 1.69 bits per heavy atom. The van der Waals surface area contributed by atoms with Gasteiger partial charge in [-0.3, -0.25) is 4.90 Å². The number of rotatable bonds is 7. The molecule has 0 aromatic heterocycles. The molecule has 2 saturated heterocycles. The lowest BCUT2D eigenvalue weighted by Crippen LogP contribution is -2.60. The molecular formula is C22H25NO6. The van der Waals surface area contributed by atoms with Crippen LogP contribution in [0.25, 0.3) is 0 Å². The van der Waals surface area contributed by atoms with Gasteiger partial charge >= 0.3 is 6.09 Å². The van der Waals surface area contributed by atoms with E-state index in [1.807, 2.05) is 60.7 Å². The molecule has 7 heteroatoms. The van der Waals surface area contributed by atoms with Crippen molar-refractivity contribution in [3.63, 3.8) is 0 Å². The van der Waals surface area contributed by atoms with Crippen molar-refractivity contribution in [2.75, 3.05) is 13.7 Å². The Balaban J connectivity index is 1.42. The highest BCUT2D eigenvalue weighted by Gasteiger charge is 2.56. The van der Waals surface area contributed by atoms with E-state index in [0.29, 0.717) is 13.2 Å². The van der Waals surface area contributed by atoms with E-state index < -0.39 is 36.7 Å². The highest BCUT2D eigenvalue weighted by atomic mass is 16.7. The fourth-order valence-electron chi connectivity index (χ4n) is 3.82. The largest absolute Gasteiger partial charge is 0.441 e. The second kappa shape index (κ2) is 8.92.